The molecule has 1 saturated heterocycles. The fraction of sp³-hybridized carbons (Fsp3) is 0.619. The lowest BCUT2D eigenvalue weighted by atomic mass is 9.96. The molecular formula is C21H34OSi. The van der Waals surface area contributed by atoms with Gasteiger partial charge in [-0.15, -0.1) is 0 Å². The maximum absolute atomic E-state index is 6.98. The molecule has 1 aliphatic rings. The van der Waals surface area contributed by atoms with Crippen LogP contribution >= 0.6 is 0 Å². The Balaban J connectivity index is 2.44. The van der Waals surface area contributed by atoms with Crippen LogP contribution in [0.3, 0.4) is 0 Å². The summed E-state index contributed by atoms with van der Waals surface area (Å²) in [6, 6.07) is 10.8. The highest BCUT2D eigenvalue weighted by Gasteiger charge is 2.55. The van der Waals surface area contributed by atoms with Gasteiger partial charge in [0.1, 0.15) is 0 Å². The van der Waals surface area contributed by atoms with E-state index in [1.165, 1.54) is 24.8 Å². The highest BCUT2D eigenvalue weighted by molar-refractivity contribution is 6.84. The van der Waals surface area contributed by atoms with Crippen molar-refractivity contribution in [3.8, 4) is 0 Å². The molecule has 1 aromatic carbocycles. The molecule has 2 heteroatoms. The van der Waals surface area contributed by atoms with Crippen LogP contribution < -0.4 is 0 Å². The zero-order valence-electron chi connectivity index (χ0n) is 15.8. The highest BCUT2D eigenvalue weighted by atomic mass is 28.4. The third kappa shape index (κ3) is 3.48. The van der Waals surface area contributed by atoms with E-state index >= 15 is 0 Å². The molecule has 0 aromatic heterocycles. The number of unbranched alkanes of at least 4 members (excludes halogenated alkanes) is 2. The molecule has 128 valence electrons. The lowest BCUT2D eigenvalue weighted by Gasteiger charge is -2.36. The Labute approximate surface area is 144 Å². The van der Waals surface area contributed by atoms with Gasteiger partial charge in [-0.25, -0.2) is 0 Å². The minimum Gasteiger partial charge on any atom is -0.405 e. The maximum Gasteiger partial charge on any atom is 0.226 e. The third-order valence-electron chi connectivity index (χ3n) is 5.48. The van der Waals surface area contributed by atoms with Crippen LogP contribution in [0.5, 0.6) is 0 Å². The smallest absolute Gasteiger partial charge is 0.226 e. The molecule has 0 bridgehead atoms. The number of hydrogen-bond acceptors (Lipinski definition) is 1. The predicted octanol–water partition coefficient (Wildman–Crippen LogP) is 6.82. The van der Waals surface area contributed by atoms with Crippen molar-refractivity contribution in [3.05, 3.63) is 47.2 Å². The molecular weight excluding hydrogens is 296 g/mol. The second-order valence-electron chi connectivity index (χ2n) is 7.64. The molecule has 0 radical (unpaired) electrons. The summed E-state index contributed by atoms with van der Waals surface area (Å²) in [7, 11) is -1.91. The van der Waals surface area contributed by atoms with Crippen molar-refractivity contribution in [2.45, 2.75) is 78.0 Å². The SMILES string of the molecule is CCCC/C=C1/[C@H](C)[C@@H](c2ccccc2)O[Si]1(C(C)C)C(C)C. The first-order valence-corrected chi connectivity index (χ1v) is 11.4. The minimum absolute atomic E-state index is 0.237. The normalized spacial score (nSPS) is 25.7. The van der Waals surface area contributed by atoms with Gasteiger partial charge in [-0.1, -0.05) is 96.0 Å². The van der Waals surface area contributed by atoms with Crippen molar-refractivity contribution in [1.82, 2.24) is 0 Å². The third-order valence-corrected chi connectivity index (χ3v) is 11.1. The molecule has 0 saturated carbocycles. The summed E-state index contributed by atoms with van der Waals surface area (Å²) in [5.74, 6) is 0.505. The average molecular weight is 331 g/mol. The summed E-state index contributed by atoms with van der Waals surface area (Å²) in [6.45, 7) is 14.2. The largest absolute Gasteiger partial charge is 0.405 e. The lowest BCUT2D eigenvalue weighted by Crippen LogP contribution is -2.43. The van der Waals surface area contributed by atoms with E-state index in [4.69, 9.17) is 4.43 Å². The van der Waals surface area contributed by atoms with Crippen molar-refractivity contribution in [3.63, 3.8) is 0 Å². The van der Waals surface area contributed by atoms with Crippen LogP contribution in [-0.4, -0.2) is 8.32 Å². The van der Waals surface area contributed by atoms with Crippen LogP contribution in [0.1, 0.15) is 72.5 Å². The average Bonchev–Trinajstić information content (AvgIpc) is 2.83. The van der Waals surface area contributed by atoms with E-state index in [-0.39, 0.29) is 6.10 Å². The van der Waals surface area contributed by atoms with E-state index < -0.39 is 8.32 Å². The van der Waals surface area contributed by atoms with Crippen molar-refractivity contribution >= 4 is 8.32 Å². The van der Waals surface area contributed by atoms with Crippen LogP contribution in [-0.2, 0) is 4.43 Å². The number of allylic oxidation sites excluding steroid dienone is 1. The van der Waals surface area contributed by atoms with E-state index in [1.54, 1.807) is 5.20 Å². The second kappa shape index (κ2) is 7.81. The molecule has 1 nitrogen and oxygen atoms in total. The fourth-order valence-corrected chi connectivity index (χ4v) is 9.75. The van der Waals surface area contributed by atoms with Crippen molar-refractivity contribution < 1.29 is 4.43 Å². The number of hydrogen-bond donors (Lipinski definition) is 0. The maximum atomic E-state index is 6.98. The van der Waals surface area contributed by atoms with Gasteiger partial charge in [0.15, 0.2) is 0 Å². The lowest BCUT2D eigenvalue weighted by molar-refractivity contribution is 0.182. The van der Waals surface area contributed by atoms with Crippen LogP contribution in [0.4, 0.5) is 0 Å². The molecule has 0 unspecified atom stereocenters. The van der Waals surface area contributed by atoms with Gasteiger partial charge in [-0.05, 0) is 23.1 Å². The number of benzene rings is 1. The van der Waals surface area contributed by atoms with Crippen molar-refractivity contribution in [1.29, 1.82) is 0 Å². The van der Waals surface area contributed by atoms with Gasteiger partial charge in [-0.2, -0.15) is 0 Å². The zero-order valence-corrected chi connectivity index (χ0v) is 16.8. The highest BCUT2D eigenvalue weighted by Crippen LogP contribution is 2.54. The predicted molar refractivity (Wildman–Crippen MR) is 103 cm³/mol. The summed E-state index contributed by atoms with van der Waals surface area (Å²) in [5, 5.41) is 1.67. The van der Waals surface area contributed by atoms with E-state index in [0.717, 1.165) is 0 Å². The summed E-state index contributed by atoms with van der Waals surface area (Å²) < 4.78 is 6.98. The van der Waals surface area contributed by atoms with Crippen molar-refractivity contribution in [2.24, 2.45) is 5.92 Å². The topological polar surface area (TPSA) is 9.23 Å². The summed E-state index contributed by atoms with van der Waals surface area (Å²) in [5.41, 5.74) is 2.58. The van der Waals surface area contributed by atoms with Gasteiger partial charge in [0.2, 0.25) is 8.32 Å². The molecule has 0 amide bonds. The molecule has 1 aromatic rings. The Bertz CT molecular complexity index is 510. The Morgan fingerprint density at radius 2 is 1.70 bits per heavy atom. The first-order chi connectivity index (χ1) is 10.9. The monoisotopic (exact) mass is 330 g/mol. The molecule has 2 rings (SSSR count). The van der Waals surface area contributed by atoms with Gasteiger partial charge >= 0.3 is 0 Å². The van der Waals surface area contributed by atoms with Crippen LogP contribution in [0.25, 0.3) is 0 Å². The quantitative estimate of drug-likeness (QED) is 0.411. The van der Waals surface area contributed by atoms with Gasteiger partial charge < -0.3 is 4.43 Å². The second-order valence-corrected chi connectivity index (χ2v) is 12.4. The minimum atomic E-state index is -1.91. The van der Waals surface area contributed by atoms with Crippen LogP contribution in [0, 0.1) is 5.92 Å². The van der Waals surface area contributed by atoms with Gasteiger partial charge in [0.05, 0.1) is 6.10 Å². The molecule has 0 spiro atoms. The van der Waals surface area contributed by atoms with Crippen LogP contribution in [0.2, 0.25) is 11.1 Å². The van der Waals surface area contributed by atoms with Gasteiger partial charge in [0.25, 0.3) is 0 Å². The Hall–Kier alpha value is -0.863. The summed E-state index contributed by atoms with van der Waals surface area (Å²) in [6.07, 6.45) is 6.55. The summed E-state index contributed by atoms with van der Waals surface area (Å²) in [4.78, 5) is 0. The fourth-order valence-electron chi connectivity index (χ4n) is 4.31. The first-order valence-electron chi connectivity index (χ1n) is 9.38. The zero-order chi connectivity index (χ0) is 17.0. The van der Waals surface area contributed by atoms with E-state index in [1.807, 2.05) is 0 Å². The van der Waals surface area contributed by atoms with Gasteiger partial charge in [0, 0.05) is 5.92 Å². The Morgan fingerprint density at radius 1 is 1.09 bits per heavy atom. The number of rotatable bonds is 6. The Kier molecular flexibility index (Phi) is 6.27. The van der Waals surface area contributed by atoms with E-state index in [2.05, 4.69) is 78.0 Å². The molecule has 1 fully saturated rings. The van der Waals surface area contributed by atoms with Gasteiger partial charge in [-0.3, -0.25) is 0 Å². The molecule has 0 aliphatic carbocycles. The molecule has 0 N–H and O–H groups in total. The molecule has 1 heterocycles. The standard InChI is InChI=1S/C21H34OSi/c1-7-8-10-15-20-18(6)21(19-13-11-9-12-14-19)22-23(20,16(2)3)17(4)5/h9,11-18,21H,7-8,10H2,1-6H3/b20-15-/t18-,21-/m0/s1. The van der Waals surface area contributed by atoms with Crippen LogP contribution in [0.15, 0.2) is 41.6 Å². The Morgan fingerprint density at radius 3 is 2.22 bits per heavy atom. The first kappa shape index (κ1) is 18.5. The van der Waals surface area contributed by atoms with E-state index in [9.17, 15) is 0 Å². The summed E-state index contributed by atoms with van der Waals surface area (Å²) >= 11 is 0. The molecule has 1 aliphatic heterocycles. The van der Waals surface area contributed by atoms with E-state index in [0.29, 0.717) is 17.0 Å². The van der Waals surface area contributed by atoms with Crippen molar-refractivity contribution in [2.75, 3.05) is 0 Å². The molecule has 23 heavy (non-hydrogen) atoms. The molecule has 2 atom stereocenters.